The first-order valence-electron chi connectivity index (χ1n) is 6.86. The van der Waals surface area contributed by atoms with Crippen LogP contribution in [0.2, 0.25) is 0 Å². The van der Waals surface area contributed by atoms with E-state index >= 15 is 0 Å². The number of carboxylic acids is 1. The fourth-order valence-corrected chi connectivity index (χ4v) is 2.65. The zero-order valence-electron chi connectivity index (χ0n) is 11.0. The molecule has 1 aromatic carbocycles. The number of hydrogen-bond acceptors (Lipinski definition) is 3. The van der Waals surface area contributed by atoms with Gasteiger partial charge in [0.15, 0.2) is 0 Å². The lowest BCUT2D eigenvalue weighted by molar-refractivity contribution is -0.143. The Bertz CT molecular complexity index is 408. The Kier molecular flexibility index (Phi) is 4.80. The van der Waals surface area contributed by atoms with Crippen molar-refractivity contribution in [1.29, 1.82) is 0 Å². The summed E-state index contributed by atoms with van der Waals surface area (Å²) in [6, 6.07) is 7.19. The average Bonchev–Trinajstić information content (AvgIpc) is 2.41. The maximum atomic E-state index is 10.9. The van der Waals surface area contributed by atoms with Gasteiger partial charge < -0.3 is 15.5 Å². The van der Waals surface area contributed by atoms with Gasteiger partial charge in [-0.3, -0.25) is 4.79 Å². The van der Waals surface area contributed by atoms with Gasteiger partial charge in [0.1, 0.15) is 5.75 Å². The monoisotopic (exact) mass is 263 g/mol. The van der Waals surface area contributed by atoms with Gasteiger partial charge in [-0.15, -0.1) is 0 Å². The average molecular weight is 263 g/mol. The van der Waals surface area contributed by atoms with Gasteiger partial charge in [-0.25, -0.2) is 0 Å². The Morgan fingerprint density at radius 2 is 1.79 bits per heavy atom. The molecule has 1 saturated carbocycles. The van der Waals surface area contributed by atoms with E-state index in [1.54, 1.807) is 12.1 Å². The van der Waals surface area contributed by atoms with E-state index in [2.05, 4.69) is 5.32 Å². The van der Waals surface area contributed by atoms with E-state index in [9.17, 15) is 9.90 Å². The smallest absolute Gasteiger partial charge is 0.306 e. The molecule has 0 saturated heterocycles. The minimum atomic E-state index is -0.643. The second kappa shape index (κ2) is 6.57. The van der Waals surface area contributed by atoms with Crippen molar-refractivity contribution in [1.82, 2.24) is 5.32 Å². The first kappa shape index (κ1) is 13.9. The highest BCUT2D eigenvalue weighted by Gasteiger charge is 2.25. The summed E-state index contributed by atoms with van der Waals surface area (Å²) in [5.41, 5.74) is 1.15. The third-order valence-electron chi connectivity index (χ3n) is 3.89. The number of phenols is 1. The Hall–Kier alpha value is -1.55. The lowest BCUT2D eigenvalue weighted by Gasteiger charge is -2.26. The molecule has 4 nitrogen and oxygen atoms in total. The van der Waals surface area contributed by atoms with Gasteiger partial charge in [0.05, 0.1) is 5.92 Å². The van der Waals surface area contributed by atoms with Gasteiger partial charge in [0.25, 0.3) is 0 Å². The van der Waals surface area contributed by atoms with Crippen LogP contribution in [0.1, 0.15) is 31.2 Å². The van der Waals surface area contributed by atoms with Crippen molar-refractivity contribution in [3.63, 3.8) is 0 Å². The van der Waals surface area contributed by atoms with Gasteiger partial charge in [0.2, 0.25) is 0 Å². The first-order valence-corrected chi connectivity index (χ1v) is 6.86. The molecule has 1 fully saturated rings. The number of rotatable bonds is 5. The number of aliphatic carboxylic acids is 1. The fraction of sp³-hybridized carbons (Fsp3) is 0.533. The summed E-state index contributed by atoms with van der Waals surface area (Å²) in [5, 5.41) is 21.5. The molecule has 1 aliphatic rings. The molecule has 2 rings (SSSR count). The van der Waals surface area contributed by atoms with E-state index in [-0.39, 0.29) is 11.7 Å². The topological polar surface area (TPSA) is 69.6 Å². The van der Waals surface area contributed by atoms with Crippen LogP contribution in [-0.4, -0.2) is 22.7 Å². The Balaban J connectivity index is 1.67. The van der Waals surface area contributed by atoms with Gasteiger partial charge in [-0.05, 0) is 55.8 Å². The molecule has 0 atom stereocenters. The first-order chi connectivity index (χ1) is 9.15. The number of hydrogen-bond donors (Lipinski definition) is 3. The molecule has 4 heteroatoms. The second-order valence-electron chi connectivity index (χ2n) is 5.35. The van der Waals surface area contributed by atoms with Crippen LogP contribution in [0.3, 0.4) is 0 Å². The van der Waals surface area contributed by atoms with E-state index in [1.807, 2.05) is 12.1 Å². The molecule has 0 aliphatic heterocycles. The highest BCUT2D eigenvalue weighted by Crippen LogP contribution is 2.28. The van der Waals surface area contributed by atoms with Crippen molar-refractivity contribution >= 4 is 5.97 Å². The van der Waals surface area contributed by atoms with Crippen LogP contribution in [0, 0.1) is 11.8 Å². The minimum Gasteiger partial charge on any atom is -0.508 e. The Morgan fingerprint density at radius 1 is 1.16 bits per heavy atom. The van der Waals surface area contributed by atoms with Crippen molar-refractivity contribution in [3.8, 4) is 5.75 Å². The molecular weight excluding hydrogens is 242 g/mol. The van der Waals surface area contributed by atoms with Crippen LogP contribution in [0.5, 0.6) is 5.75 Å². The zero-order valence-corrected chi connectivity index (χ0v) is 11.0. The summed E-state index contributed by atoms with van der Waals surface area (Å²) < 4.78 is 0. The molecule has 3 N–H and O–H groups in total. The maximum absolute atomic E-state index is 10.9. The van der Waals surface area contributed by atoms with Gasteiger partial charge in [-0.2, -0.15) is 0 Å². The van der Waals surface area contributed by atoms with Crippen LogP contribution >= 0.6 is 0 Å². The number of phenolic OH excluding ortho intramolecular Hbond substituents is 1. The number of nitrogens with one attached hydrogen (secondary N) is 1. The van der Waals surface area contributed by atoms with E-state index in [1.165, 1.54) is 0 Å². The SMILES string of the molecule is O=C(O)C1CCC(CNCc2ccc(O)cc2)CC1. The standard InChI is InChI=1S/C15H21NO3/c17-14-7-3-12(4-8-14)10-16-9-11-1-5-13(6-2-11)15(18)19/h3-4,7-8,11,13,16-17H,1-2,5-6,9-10H2,(H,18,19). The summed E-state index contributed by atoms with van der Waals surface area (Å²) in [6.07, 6.45) is 3.61. The van der Waals surface area contributed by atoms with Crippen molar-refractivity contribution in [3.05, 3.63) is 29.8 Å². The predicted octanol–water partition coefficient (Wildman–Crippen LogP) is 2.37. The molecular formula is C15H21NO3. The van der Waals surface area contributed by atoms with Crippen LogP contribution in [0.4, 0.5) is 0 Å². The molecule has 0 radical (unpaired) electrons. The van der Waals surface area contributed by atoms with Crippen LogP contribution in [0.15, 0.2) is 24.3 Å². The molecule has 19 heavy (non-hydrogen) atoms. The molecule has 0 heterocycles. The minimum absolute atomic E-state index is 0.131. The van der Waals surface area contributed by atoms with Gasteiger partial charge in [0, 0.05) is 6.54 Å². The fourth-order valence-electron chi connectivity index (χ4n) is 2.65. The van der Waals surface area contributed by atoms with Gasteiger partial charge >= 0.3 is 5.97 Å². The number of carboxylic acid groups (broad SMARTS) is 1. The Labute approximate surface area is 113 Å². The van der Waals surface area contributed by atoms with Crippen molar-refractivity contribution in [2.24, 2.45) is 11.8 Å². The van der Waals surface area contributed by atoms with E-state index in [0.717, 1.165) is 44.3 Å². The molecule has 1 aromatic rings. The number of aromatic hydroxyl groups is 1. The zero-order chi connectivity index (χ0) is 13.7. The van der Waals surface area contributed by atoms with E-state index in [0.29, 0.717) is 5.92 Å². The lowest BCUT2D eigenvalue weighted by Crippen LogP contribution is -2.28. The number of benzene rings is 1. The lowest BCUT2D eigenvalue weighted by atomic mass is 9.82. The molecule has 0 bridgehead atoms. The Morgan fingerprint density at radius 3 is 2.37 bits per heavy atom. The van der Waals surface area contributed by atoms with E-state index < -0.39 is 5.97 Å². The number of carbonyl (C=O) groups is 1. The van der Waals surface area contributed by atoms with Crippen molar-refractivity contribution in [2.45, 2.75) is 32.2 Å². The summed E-state index contributed by atoms with van der Waals surface area (Å²) in [6.45, 7) is 1.73. The summed E-state index contributed by atoms with van der Waals surface area (Å²) in [7, 11) is 0. The second-order valence-corrected chi connectivity index (χ2v) is 5.35. The normalized spacial score (nSPS) is 23.2. The third kappa shape index (κ3) is 4.24. The highest BCUT2D eigenvalue weighted by molar-refractivity contribution is 5.69. The molecule has 0 amide bonds. The predicted molar refractivity (Wildman–Crippen MR) is 72.9 cm³/mol. The maximum Gasteiger partial charge on any atom is 0.306 e. The molecule has 0 aromatic heterocycles. The molecule has 1 aliphatic carbocycles. The highest BCUT2D eigenvalue weighted by atomic mass is 16.4. The third-order valence-corrected chi connectivity index (χ3v) is 3.89. The summed E-state index contributed by atoms with van der Waals surface area (Å²) in [4.78, 5) is 10.9. The largest absolute Gasteiger partial charge is 0.508 e. The van der Waals surface area contributed by atoms with Crippen molar-refractivity contribution in [2.75, 3.05) is 6.54 Å². The van der Waals surface area contributed by atoms with Crippen LogP contribution < -0.4 is 5.32 Å². The molecule has 0 unspecified atom stereocenters. The van der Waals surface area contributed by atoms with Crippen LogP contribution in [0.25, 0.3) is 0 Å². The van der Waals surface area contributed by atoms with E-state index in [4.69, 9.17) is 5.11 Å². The van der Waals surface area contributed by atoms with Gasteiger partial charge in [-0.1, -0.05) is 12.1 Å². The summed E-state index contributed by atoms with van der Waals surface area (Å²) in [5.74, 6) is 0.104. The molecule has 104 valence electrons. The quantitative estimate of drug-likeness (QED) is 0.763. The molecule has 0 spiro atoms. The summed E-state index contributed by atoms with van der Waals surface area (Å²) >= 11 is 0. The van der Waals surface area contributed by atoms with Crippen LogP contribution in [-0.2, 0) is 11.3 Å². The van der Waals surface area contributed by atoms with Crippen molar-refractivity contribution < 1.29 is 15.0 Å².